The van der Waals surface area contributed by atoms with Crippen LogP contribution in [0.2, 0.25) is 0 Å². The highest BCUT2D eigenvalue weighted by Gasteiger charge is 2.08. The topological polar surface area (TPSA) is 54.0 Å². The molecular weight excluding hydrogens is 317 g/mol. The van der Waals surface area contributed by atoms with E-state index >= 15 is 0 Å². The summed E-state index contributed by atoms with van der Waals surface area (Å²) in [5.41, 5.74) is 3.86. The second-order valence-corrected chi connectivity index (χ2v) is 5.68. The monoisotopic (exact) mass is 335 g/mol. The Kier molecular flexibility index (Phi) is 5.04. The van der Waals surface area contributed by atoms with Gasteiger partial charge in [-0.25, -0.2) is 9.37 Å². The number of pyridine rings is 1. The Morgan fingerprint density at radius 3 is 2.48 bits per heavy atom. The third-order valence-corrected chi connectivity index (χ3v) is 3.80. The van der Waals surface area contributed by atoms with Crippen LogP contribution in [0.4, 0.5) is 15.8 Å². The average Bonchev–Trinajstić information content (AvgIpc) is 2.63. The average molecular weight is 335 g/mol. The normalized spacial score (nSPS) is 10.3. The molecule has 0 saturated carbocycles. The van der Waals surface area contributed by atoms with Crippen molar-refractivity contribution in [1.82, 2.24) is 4.98 Å². The summed E-state index contributed by atoms with van der Waals surface area (Å²) in [6.45, 7) is 2.49. The standard InChI is InChI=1S/C20H18FN3O/c1-14-4-2-3-5-18(14)24-20(25)19-11-10-17(13-23-19)22-12-15-6-8-16(21)9-7-15/h2-11,13,22H,12H2,1H3,(H,24,25). The van der Waals surface area contributed by atoms with Gasteiger partial charge in [-0.1, -0.05) is 30.3 Å². The van der Waals surface area contributed by atoms with Gasteiger partial charge in [-0.2, -0.15) is 0 Å². The Balaban J connectivity index is 1.60. The minimum absolute atomic E-state index is 0.251. The molecule has 5 heteroatoms. The van der Waals surface area contributed by atoms with E-state index in [0.717, 1.165) is 22.5 Å². The van der Waals surface area contributed by atoms with Crippen LogP contribution in [0.25, 0.3) is 0 Å². The van der Waals surface area contributed by atoms with Crippen molar-refractivity contribution in [1.29, 1.82) is 0 Å². The number of halogens is 1. The van der Waals surface area contributed by atoms with Gasteiger partial charge in [-0.15, -0.1) is 0 Å². The molecule has 3 aromatic rings. The number of anilines is 2. The lowest BCUT2D eigenvalue weighted by atomic mass is 10.2. The maximum Gasteiger partial charge on any atom is 0.274 e. The molecule has 1 heterocycles. The lowest BCUT2D eigenvalue weighted by molar-refractivity contribution is 0.102. The van der Waals surface area contributed by atoms with Gasteiger partial charge in [0.1, 0.15) is 11.5 Å². The van der Waals surface area contributed by atoms with Gasteiger partial charge in [-0.3, -0.25) is 4.79 Å². The van der Waals surface area contributed by atoms with E-state index < -0.39 is 0 Å². The fourth-order valence-corrected chi connectivity index (χ4v) is 2.34. The second-order valence-electron chi connectivity index (χ2n) is 5.68. The number of carbonyl (C=O) groups is 1. The van der Waals surface area contributed by atoms with Crippen molar-refractivity contribution >= 4 is 17.3 Å². The number of amides is 1. The summed E-state index contributed by atoms with van der Waals surface area (Å²) >= 11 is 0. The molecule has 3 rings (SSSR count). The van der Waals surface area contributed by atoms with Crippen LogP contribution in [0, 0.1) is 12.7 Å². The molecule has 0 unspecified atom stereocenters. The Hall–Kier alpha value is -3.21. The van der Waals surface area contributed by atoms with Crippen LogP contribution in [-0.2, 0) is 6.54 Å². The summed E-state index contributed by atoms with van der Waals surface area (Å²) in [4.78, 5) is 16.5. The Morgan fingerprint density at radius 1 is 1.04 bits per heavy atom. The van der Waals surface area contributed by atoms with E-state index in [1.807, 2.05) is 31.2 Å². The molecule has 25 heavy (non-hydrogen) atoms. The summed E-state index contributed by atoms with van der Waals surface area (Å²) < 4.78 is 12.9. The van der Waals surface area contributed by atoms with E-state index in [4.69, 9.17) is 0 Å². The molecule has 0 saturated heterocycles. The molecule has 0 aliphatic heterocycles. The van der Waals surface area contributed by atoms with Crippen LogP contribution in [0.15, 0.2) is 66.9 Å². The number of aromatic nitrogens is 1. The van der Waals surface area contributed by atoms with Crippen LogP contribution >= 0.6 is 0 Å². The number of para-hydroxylation sites is 1. The van der Waals surface area contributed by atoms with Gasteiger partial charge in [0.25, 0.3) is 5.91 Å². The zero-order valence-corrected chi connectivity index (χ0v) is 13.8. The number of benzene rings is 2. The molecule has 0 aliphatic carbocycles. The molecule has 0 spiro atoms. The molecule has 0 aliphatic rings. The minimum atomic E-state index is -0.255. The fraction of sp³-hybridized carbons (Fsp3) is 0.100. The lowest BCUT2D eigenvalue weighted by Gasteiger charge is -2.09. The van der Waals surface area contributed by atoms with Crippen LogP contribution in [0.1, 0.15) is 21.6 Å². The first-order valence-corrected chi connectivity index (χ1v) is 7.93. The van der Waals surface area contributed by atoms with Crippen LogP contribution < -0.4 is 10.6 Å². The highest BCUT2D eigenvalue weighted by molar-refractivity contribution is 6.03. The quantitative estimate of drug-likeness (QED) is 0.727. The minimum Gasteiger partial charge on any atom is -0.380 e. The van der Waals surface area contributed by atoms with Crippen molar-refractivity contribution in [2.75, 3.05) is 10.6 Å². The third-order valence-electron chi connectivity index (χ3n) is 3.80. The van der Waals surface area contributed by atoms with Gasteiger partial charge in [0.05, 0.1) is 11.9 Å². The maximum atomic E-state index is 12.9. The maximum absolute atomic E-state index is 12.9. The molecule has 2 aromatic carbocycles. The first-order valence-electron chi connectivity index (χ1n) is 7.93. The molecule has 126 valence electrons. The molecule has 1 aromatic heterocycles. The van der Waals surface area contributed by atoms with E-state index in [-0.39, 0.29) is 11.7 Å². The zero-order valence-electron chi connectivity index (χ0n) is 13.8. The zero-order chi connectivity index (χ0) is 17.6. The van der Waals surface area contributed by atoms with Crippen LogP contribution in [0.3, 0.4) is 0 Å². The number of aryl methyl sites for hydroxylation is 1. The van der Waals surface area contributed by atoms with E-state index in [2.05, 4.69) is 15.6 Å². The molecule has 0 radical (unpaired) electrons. The molecular formula is C20H18FN3O. The van der Waals surface area contributed by atoms with E-state index in [1.54, 1.807) is 30.5 Å². The third kappa shape index (κ3) is 4.41. The van der Waals surface area contributed by atoms with Crippen molar-refractivity contribution in [2.45, 2.75) is 13.5 Å². The van der Waals surface area contributed by atoms with E-state index in [9.17, 15) is 9.18 Å². The highest BCUT2D eigenvalue weighted by Crippen LogP contribution is 2.15. The first-order chi connectivity index (χ1) is 12.1. The number of carbonyl (C=O) groups excluding carboxylic acids is 1. The largest absolute Gasteiger partial charge is 0.380 e. The molecule has 0 atom stereocenters. The first kappa shape index (κ1) is 16.6. The second kappa shape index (κ2) is 7.57. The fourth-order valence-electron chi connectivity index (χ4n) is 2.34. The lowest BCUT2D eigenvalue weighted by Crippen LogP contribution is -2.14. The van der Waals surface area contributed by atoms with Gasteiger partial charge in [-0.05, 0) is 48.4 Å². The van der Waals surface area contributed by atoms with Gasteiger partial charge in [0, 0.05) is 12.2 Å². The van der Waals surface area contributed by atoms with Gasteiger partial charge in [0.15, 0.2) is 0 Å². The number of rotatable bonds is 5. The number of nitrogens with one attached hydrogen (secondary N) is 2. The van der Waals surface area contributed by atoms with Gasteiger partial charge < -0.3 is 10.6 Å². The van der Waals surface area contributed by atoms with Crippen molar-refractivity contribution in [3.8, 4) is 0 Å². The predicted octanol–water partition coefficient (Wildman–Crippen LogP) is 4.39. The van der Waals surface area contributed by atoms with Gasteiger partial charge >= 0.3 is 0 Å². The number of hydrogen-bond acceptors (Lipinski definition) is 3. The molecule has 0 bridgehead atoms. The number of hydrogen-bond donors (Lipinski definition) is 2. The summed E-state index contributed by atoms with van der Waals surface area (Å²) in [6, 6.07) is 17.3. The molecule has 2 N–H and O–H groups in total. The van der Waals surface area contributed by atoms with E-state index in [1.165, 1.54) is 12.1 Å². The summed E-state index contributed by atoms with van der Waals surface area (Å²) in [7, 11) is 0. The predicted molar refractivity (Wildman–Crippen MR) is 97.1 cm³/mol. The van der Waals surface area contributed by atoms with Crippen LogP contribution in [0.5, 0.6) is 0 Å². The molecule has 0 fully saturated rings. The van der Waals surface area contributed by atoms with Gasteiger partial charge in [0.2, 0.25) is 0 Å². The smallest absolute Gasteiger partial charge is 0.274 e. The molecule has 1 amide bonds. The Labute approximate surface area is 145 Å². The number of nitrogens with zero attached hydrogens (tertiary/aromatic N) is 1. The Bertz CT molecular complexity index is 861. The highest BCUT2D eigenvalue weighted by atomic mass is 19.1. The van der Waals surface area contributed by atoms with Crippen LogP contribution in [-0.4, -0.2) is 10.9 Å². The SMILES string of the molecule is Cc1ccccc1NC(=O)c1ccc(NCc2ccc(F)cc2)cn1. The summed E-state index contributed by atoms with van der Waals surface area (Å²) in [5.74, 6) is -0.506. The van der Waals surface area contributed by atoms with Crippen molar-refractivity contribution in [3.05, 3.63) is 89.5 Å². The summed E-state index contributed by atoms with van der Waals surface area (Å²) in [6.07, 6.45) is 1.61. The van der Waals surface area contributed by atoms with Crippen molar-refractivity contribution < 1.29 is 9.18 Å². The Morgan fingerprint density at radius 2 is 1.80 bits per heavy atom. The van der Waals surface area contributed by atoms with E-state index in [0.29, 0.717) is 12.2 Å². The van der Waals surface area contributed by atoms with Crippen molar-refractivity contribution in [3.63, 3.8) is 0 Å². The summed E-state index contributed by atoms with van der Waals surface area (Å²) in [5, 5.41) is 6.04. The molecule has 4 nitrogen and oxygen atoms in total. The van der Waals surface area contributed by atoms with Crippen molar-refractivity contribution in [2.24, 2.45) is 0 Å².